The number of terminal acetylenes is 1. The van der Waals surface area contributed by atoms with Crippen molar-refractivity contribution in [1.29, 1.82) is 0 Å². The standard InChI is InChI=1S/C11H16N2O2/c1-4-6-7-8-13-10(15)12-9(14)11(13,3)5-2/h1H,5-8H2,2-3H3,(H,12,14,15). The number of hydrogen-bond donors (Lipinski definition) is 1. The molecule has 0 saturated carbocycles. The van der Waals surface area contributed by atoms with Crippen molar-refractivity contribution in [1.82, 2.24) is 10.2 Å². The van der Waals surface area contributed by atoms with Crippen LogP contribution in [0.5, 0.6) is 0 Å². The largest absolute Gasteiger partial charge is 0.325 e. The molecule has 0 radical (unpaired) electrons. The lowest BCUT2D eigenvalue weighted by Gasteiger charge is -2.30. The summed E-state index contributed by atoms with van der Waals surface area (Å²) in [5.74, 6) is 2.31. The van der Waals surface area contributed by atoms with Crippen LogP contribution in [0.3, 0.4) is 0 Å². The number of unbranched alkanes of at least 4 members (excludes halogenated alkanes) is 1. The van der Waals surface area contributed by atoms with Crippen LogP contribution in [0, 0.1) is 12.3 Å². The Morgan fingerprint density at radius 1 is 1.53 bits per heavy atom. The number of imide groups is 1. The predicted molar refractivity (Wildman–Crippen MR) is 57.0 cm³/mol. The van der Waals surface area contributed by atoms with Crippen LogP contribution in [0.4, 0.5) is 4.79 Å². The van der Waals surface area contributed by atoms with Gasteiger partial charge in [0.15, 0.2) is 0 Å². The zero-order chi connectivity index (χ0) is 11.5. The minimum atomic E-state index is -0.703. The van der Waals surface area contributed by atoms with Crippen LogP contribution in [0.15, 0.2) is 0 Å². The first kappa shape index (κ1) is 11.6. The Labute approximate surface area is 90.0 Å². The molecule has 0 aromatic heterocycles. The van der Waals surface area contributed by atoms with Gasteiger partial charge >= 0.3 is 6.03 Å². The molecule has 1 aliphatic heterocycles. The number of nitrogens with zero attached hydrogens (tertiary/aromatic N) is 1. The van der Waals surface area contributed by atoms with E-state index in [1.165, 1.54) is 0 Å². The summed E-state index contributed by atoms with van der Waals surface area (Å²) in [4.78, 5) is 24.6. The molecule has 3 amide bonds. The molecule has 0 spiro atoms. The van der Waals surface area contributed by atoms with E-state index in [2.05, 4.69) is 11.2 Å². The number of carbonyl (C=O) groups is 2. The summed E-state index contributed by atoms with van der Waals surface area (Å²) in [5, 5.41) is 2.33. The van der Waals surface area contributed by atoms with Crippen LogP contribution < -0.4 is 5.32 Å². The van der Waals surface area contributed by atoms with Gasteiger partial charge in [-0.3, -0.25) is 10.1 Å². The second-order valence-electron chi connectivity index (χ2n) is 3.85. The fourth-order valence-electron chi connectivity index (χ4n) is 1.68. The Morgan fingerprint density at radius 2 is 2.20 bits per heavy atom. The molecule has 0 aromatic carbocycles. The highest BCUT2D eigenvalue weighted by Crippen LogP contribution is 2.25. The number of rotatable bonds is 4. The van der Waals surface area contributed by atoms with Crippen molar-refractivity contribution >= 4 is 11.9 Å². The Hall–Kier alpha value is -1.50. The van der Waals surface area contributed by atoms with E-state index in [9.17, 15) is 9.59 Å². The van der Waals surface area contributed by atoms with E-state index in [1.54, 1.807) is 11.8 Å². The molecule has 0 aliphatic carbocycles. The van der Waals surface area contributed by atoms with Gasteiger partial charge in [0.25, 0.3) is 5.91 Å². The first-order valence-corrected chi connectivity index (χ1v) is 5.12. The second kappa shape index (κ2) is 4.35. The molecule has 0 bridgehead atoms. The molecule has 1 atom stereocenters. The zero-order valence-corrected chi connectivity index (χ0v) is 9.17. The molecule has 0 aromatic rings. The molecular weight excluding hydrogens is 192 g/mol. The van der Waals surface area contributed by atoms with E-state index in [0.717, 1.165) is 6.42 Å². The summed E-state index contributed by atoms with van der Waals surface area (Å²) in [6, 6.07) is -0.304. The van der Waals surface area contributed by atoms with Gasteiger partial charge < -0.3 is 4.90 Å². The van der Waals surface area contributed by atoms with Gasteiger partial charge in [-0.25, -0.2) is 4.79 Å². The summed E-state index contributed by atoms with van der Waals surface area (Å²) in [5.41, 5.74) is -0.703. The SMILES string of the molecule is C#CCCCN1C(=O)NC(=O)C1(C)CC. The average molecular weight is 208 g/mol. The Kier molecular flexibility index (Phi) is 3.35. The zero-order valence-electron chi connectivity index (χ0n) is 9.17. The third kappa shape index (κ3) is 1.96. The minimum Gasteiger partial charge on any atom is -0.310 e. The van der Waals surface area contributed by atoms with E-state index < -0.39 is 5.54 Å². The van der Waals surface area contributed by atoms with Gasteiger partial charge in [0.05, 0.1) is 0 Å². The number of amides is 3. The monoisotopic (exact) mass is 208 g/mol. The van der Waals surface area contributed by atoms with Gasteiger partial charge in [0.1, 0.15) is 5.54 Å². The first-order chi connectivity index (χ1) is 7.06. The molecule has 1 fully saturated rings. The summed E-state index contributed by atoms with van der Waals surface area (Å²) in [7, 11) is 0. The maximum atomic E-state index is 11.6. The Bertz CT molecular complexity index is 319. The Balaban J connectivity index is 2.72. The van der Waals surface area contributed by atoms with Gasteiger partial charge in [-0.15, -0.1) is 12.3 Å². The third-order valence-electron chi connectivity index (χ3n) is 2.94. The van der Waals surface area contributed by atoms with E-state index in [-0.39, 0.29) is 11.9 Å². The maximum absolute atomic E-state index is 11.6. The fraction of sp³-hybridized carbons (Fsp3) is 0.636. The molecule has 4 nitrogen and oxygen atoms in total. The van der Waals surface area contributed by atoms with Crippen LogP contribution in [-0.4, -0.2) is 28.9 Å². The fourth-order valence-corrected chi connectivity index (χ4v) is 1.68. The van der Waals surface area contributed by atoms with Crippen molar-refractivity contribution in [3.05, 3.63) is 0 Å². The number of carbonyl (C=O) groups excluding carboxylic acids is 2. The molecule has 4 heteroatoms. The molecule has 1 N–H and O–H groups in total. The normalized spacial score (nSPS) is 25.3. The topological polar surface area (TPSA) is 49.4 Å². The van der Waals surface area contributed by atoms with Gasteiger partial charge in [-0.1, -0.05) is 6.92 Å². The van der Waals surface area contributed by atoms with Crippen LogP contribution >= 0.6 is 0 Å². The smallest absolute Gasteiger partial charge is 0.310 e. The van der Waals surface area contributed by atoms with Crippen LogP contribution in [0.25, 0.3) is 0 Å². The first-order valence-electron chi connectivity index (χ1n) is 5.12. The van der Waals surface area contributed by atoms with E-state index in [1.807, 2.05) is 6.92 Å². The molecule has 1 heterocycles. The van der Waals surface area contributed by atoms with Crippen molar-refractivity contribution in [3.8, 4) is 12.3 Å². The molecule has 1 aliphatic rings. The van der Waals surface area contributed by atoms with Crippen LogP contribution in [0.1, 0.15) is 33.1 Å². The summed E-state index contributed by atoms with van der Waals surface area (Å²) >= 11 is 0. The van der Waals surface area contributed by atoms with E-state index >= 15 is 0 Å². The van der Waals surface area contributed by atoms with Gasteiger partial charge in [-0.05, 0) is 19.8 Å². The predicted octanol–water partition coefficient (Wildman–Crippen LogP) is 1.12. The van der Waals surface area contributed by atoms with Gasteiger partial charge in [0.2, 0.25) is 0 Å². The molecule has 1 rings (SSSR count). The van der Waals surface area contributed by atoms with E-state index in [4.69, 9.17) is 6.42 Å². The van der Waals surface area contributed by atoms with Crippen molar-refractivity contribution in [2.75, 3.05) is 6.54 Å². The highest BCUT2D eigenvalue weighted by molar-refractivity contribution is 6.06. The van der Waals surface area contributed by atoms with Crippen molar-refractivity contribution < 1.29 is 9.59 Å². The quantitative estimate of drug-likeness (QED) is 0.427. The summed E-state index contributed by atoms with van der Waals surface area (Å²) in [6.07, 6.45) is 7.10. The maximum Gasteiger partial charge on any atom is 0.325 e. The molecule has 15 heavy (non-hydrogen) atoms. The van der Waals surface area contributed by atoms with Gasteiger partial charge in [-0.2, -0.15) is 0 Å². The van der Waals surface area contributed by atoms with Crippen molar-refractivity contribution in [3.63, 3.8) is 0 Å². The van der Waals surface area contributed by atoms with Crippen LogP contribution in [0.2, 0.25) is 0 Å². The summed E-state index contributed by atoms with van der Waals surface area (Å²) < 4.78 is 0. The number of nitrogens with one attached hydrogen (secondary N) is 1. The second-order valence-corrected chi connectivity index (χ2v) is 3.85. The highest BCUT2D eigenvalue weighted by Gasteiger charge is 2.47. The molecule has 1 saturated heterocycles. The molecule has 1 unspecified atom stereocenters. The lowest BCUT2D eigenvalue weighted by atomic mass is 9.97. The van der Waals surface area contributed by atoms with Gasteiger partial charge in [0, 0.05) is 13.0 Å². The number of hydrogen-bond acceptors (Lipinski definition) is 2. The molecule has 82 valence electrons. The van der Waals surface area contributed by atoms with Crippen LogP contribution in [-0.2, 0) is 4.79 Å². The highest BCUT2D eigenvalue weighted by atomic mass is 16.2. The number of urea groups is 1. The average Bonchev–Trinajstić information content (AvgIpc) is 2.42. The lowest BCUT2D eigenvalue weighted by molar-refractivity contribution is -0.126. The Morgan fingerprint density at radius 3 is 2.73 bits per heavy atom. The lowest BCUT2D eigenvalue weighted by Crippen LogP contribution is -2.46. The molecular formula is C11H16N2O2. The van der Waals surface area contributed by atoms with Crippen molar-refractivity contribution in [2.45, 2.75) is 38.6 Å². The summed E-state index contributed by atoms with van der Waals surface area (Å²) in [6.45, 7) is 4.21. The van der Waals surface area contributed by atoms with E-state index in [0.29, 0.717) is 19.4 Å². The van der Waals surface area contributed by atoms with Crippen molar-refractivity contribution in [2.24, 2.45) is 0 Å². The third-order valence-corrected chi connectivity index (χ3v) is 2.94. The minimum absolute atomic E-state index is 0.212.